The molecule has 5 heteroatoms. The molecule has 2 heterocycles. The number of nitrogens with zero attached hydrogens (tertiary/aromatic N) is 2. The summed E-state index contributed by atoms with van der Waals surface area (Å²) >= 11 is 0. The molecule has 2 N–H and O–H groups in total. The predicted molar refractivity (Wildman–Crippen MR) is 111 cm³/mol. The lowest BCUT2D eigenvalue weighted by molar-refractivity contribution is 0.470. The molecule has 140 valence electrons. The van der Waals surface area contributed by atoms with E-state index in [9.17, 15) is 0 Å². The van der Waals surface area contributed by atoms with Crippen molar-refractivity contribution in [1.82, 2.24) is 15.0 Å². The minimum atomic E-state index is 0.492. The number of rotatable bonds is 5. The minimum Gasteiger partial charge on any atom is -0.457 e. The molecule has 2 aromatic heterocycles. The maximum atomic E-state index is 6.29. The topological polar surface area (TPSA) is 62.8 Å². The molecule has 0 unspecified atom stereocenters. The van der Waals surface area contributed by atoms with Crippen LogP contribution in [0.1, 0.15) is 37.2 Å². The van der Waals surface area contributed by atoms with Gasteiger partial charge in [0.2, 0.25) is 0 Å². The van der Waals surface area contributed by atoms with E-state index in [1.807, 2.05) is 48.7 Å². The summed E-state index contributed by atoms with van der Waals surface area (Å²) in [7, 11) is 0. The normalized spacial score (nSPS) is 14.4. The number of aromatic nitrogens is 3. The number of para-hydroxylation sites is 1. The molecule has 0 radical (unpaired) electrons. The van der Waals surface area contributed by atoms with Gasteiger partial charge in [-0.05, 0) is 49.1 Å². The molecule has 0 bridgehead atoms. The van der Waals surface area contributed by atoms with Gasteiger partial charge in [0, 0.05) is 17.4 Å². The lowest BCUT2D eigenvalue weighted by Crippen LogP contribution is -2.04. The highest BCUT2D eigenvalue weighted by Gasteiger charge is 2.24. The highest BCUT2D eigenvalue weighted by atomic mass is 16.5. The highest BCUT2D eigenvalue weighted by Crippen LogP contribution is 2.44. The molecular weight excluding hydrogens is 348 g/mol. The number of benzene rings is 2. The lowest BCUT2D eigenvalue weighted by Gasteiger charge is -2.21. The van der Waals surface area contributed by atoms with Crippen LogP contribution in [0.2, 0.25) is 0 Å². The van der Waals surface area contributed by atoms with Gasteiger partial charge in [-0.1, -0.05) is 37.1 Å². The van der Waals surface area contributed by atoms with Crippen molar-refractivity contribution >= 4 is 22.5 Å². The van der Waals surface area contributed by atoms with Crippen molar-refractivity contribution in [3.63, 3.8) is 0 Å². The van der Waals surface area contributed by atoms with Crippen molar-refractivity contribution in [2.45, 2.75) is 31.6 Å². The number of hydrogen-bond acceptors (Lipinski definition) is 4. The maximum absolute atomic E-state index is 6.29. The standard InChI is InChI=1S/C23H22N4O/c1-2-9-17(10-3-1)28-20-12-6-11-19(21(20)16-7-4-5-8-16)27-23-18-13-14-24-22(18)25-15-26-23/h1-3,6,9-16H,4-5,7-8H2,(H2,24,25,26,27). The molecule has 28 heavy (non-hydrogen) atoms. The van der Waals surface area contributed by atoms with Gasteiger partial charge in [-0.15, -0.1) is 0 Å². The molecule has 1 saturated carbocycles. The van der Waals surface area contributed by atoms with E-state index in [2.05, 4.69) is 32.4 Å². The first-order valence-electron chi connectivity index (χ1n) is 9.79. The number of hydrogen-bond donors (Lipinski definition) is 2. The number of aromatic amines is 1. The highest BCUT2D eigenvalue weighted by molar-refractivity contribution is 5.89. The second-order valence-electron chi connectivity index (χ2n) is 7.20. The van der Waals surface area contributed by atoms with Crippen molar-refractivity contribution in [2.24, 2.45) is 0 Å². The van der Waals surface area contributed by atoms with Crippen LogP contribution in [-0.4, -0.2) is 15.0 Å². The molecule has 4 aromatic rings. The molecule has 1 aliphatic rings. The third-order valence-corrected chi connectivity index (χ3v) is 5.41. The van der Waals surface area contributed by atoms with Gasteiger partial charge in [-0.25, -0.2) is 9.97 Å². The Kier molecular flexibility index (Phi) is 4.41. The summed E-state index contributed by atoms with van der Waals surface area (Å²) < 4.78 is 6.29. The Labute approximate surface area is 163 Å². The van der Waals surface area contributed by atoms with Crippen LogP contribution in [0.25, 0.3) is 11.0 Å². The fraction of sp³-hybridized carbons (Fsp3) is 0.217. The Morgan fingerprint density at radius 2 is 1.79 bits per heavy atom. The van der Waals surface area contributed by atoms with E-state index in [4.69, 9.17) is 4.74 Å². The Morgan fingerprint density at radius 3 is 2.64 bits per heavy atom. The molecule has 1 fully saturated rings. The number of ether oxygens (including phenoxy) is 1. The molecule has 5 rings (SSSR count). The van der Waals surface area contributed by atoms with E-state index in [1.54, 1.807) is 6.33 Å². The first-order valence-corrected chi connectivity index (χ1v) is 9.79. The zero-order chi connectivity index (χ0) is 18.8. The molecule has 0 saturated heterocycles. The van der Waals surface area contributed by atoms with E-state index in [0.717, 1.165) is 34.0 Å². The molecular formula is C23H22N4O. The van der Waals surface area contributed by atoms with Gasteiger partial charge < -0.3 is 15.0 Å². The van der Waals surface area contributed by atoms with Crippen LogP contribution in [0, 0.1) is 0 Å². The first-order chi connectivity index (χ1) is 13.9. The Hall–Kier alpha value is -3.34. The average Bonchev–Trinajstić information content (AvgIpc) is 3.41. The summed E-state index contributed by atoms with van der Waals surface area (Å²) in [4.78, 5) is 11.9. The minimum absolute atomic E-state index is 0.492. The molecule has 2 aromatic carbocycles. The van der Waals surface area contributed by atoms with E-state index in [0.29, 0.717) is 5.92 Å². The van der Waals surface area contributed by atoms with Gasteiger partial charge in [0.15, 0.2) is 0 Å². The van der Waals surface area contributed by atoms with Crippen LogP contribution in [0.5, 0.6) is 11.5 Å². The van der Waals surface area contributed by atoms with Crippen molar-refractivity contribution in [3.05, 3.63) is 72.7 Å². The molecule has 1 aliphatic carbocycles. The van der Waals surface area contributed by atoms with Gasteiger partial charge in [0.25, 0.3) is 0 Å². The van der Waals surface area contributed by atoms with Crippen LogP contribution in [0.4, 0.5) is 11.5 Å². The number of anilines is 2. The third kappa shape index (κ3) is 3.20. The summed E-state index contributed by atoms with van der Waals surface area (Å²) in [6.45, 7) is 0. The second kappa shape index (κ2) is 7.35. The second-order valence-corrected chi connectivity index (χ2v) is 7.20. The largest absolute Gasteiger partial charge is 0.457 e. The van der Waals surface area contributed by atoms with E-state index in [1.165, 1.54) is 31.2 Å². The molecule has 0 spiro atoms. The van der Waals surface area contributed by atoms with E-state index in [-0.39, 0.29) is 0 Å². The Balaban J connectivity index is 1.57. The smallest absolute Gasteiger partial charge is 0.143 e. The summed E-state index contributed by atoms with van der Waals surface area (Å²) in [6, 6.07) is 18.2. The third-order valence-electron chi connectivity index (χ3n) is 5.41. The summed E-state index contributed by atoms with van der Waals surface area (Å²) in [6.07, 6.45) is 8.37. The Bertz CT molecular complexity index is 1080. The van der Waals surface area contributed by atoms with Gasteiger partial charge in [-0.3, -0.25) is 0 Å². The van der Waals surface area contributed by atoms with Crippen LogP contribution in [-0.2, 0) is 0 Å². The van der Waals surface area contributed by atoms with Crippen molar-refractivity contribution in [1.29, 1.82) is 0 Å². The zero-order valence-electron chi connectivity index (χ0n) is 15.6. The van der Waals surface area contributed by atoms with Crippen LogP contribution < -0.4 is 10.1 Å². The fourth-order valence-corrected chi connectivity index (χ4v) is 4.09. The van der Waals surface area contributed by atoms with Crippen molar-refractivity contribution in [2.75, 3.05) is 5.32 Å². The van der Waals surface area contributed by atoms with Gasteiger partial charge >= 0.3 is 0 Å². The van der Waals surface area contributed by atoms with Gasteiger partial charge in [0.05, 0.1) is 5.39 Å². The van der Waals surface area contributed by atoms with E-state index < -0.39 is 0 Å². The maximum Gasteiger partial charge on any atom is 0.143 e. The molecule has 5 nitrogen and oxygen atoms in total. The van der Waals surface area contributed by atoms with Gasteiger partial charge in [-0.2, -0.15) is 0 Å². The lowest BCUT2D eigenvalue weighted by atomic mass is 9.94. The number of fused-ring (bicyclic) bond motifs is 1. The molecule has 0 aliphatic heterocycles. The monoisotopic (exact) mass is 370 g/mol. The SMILES string of the molecule is c1ccc(Oc2cccc(Nc3ncnc4[nH]ccc34)c2C2CCCC2)cc1. The summed E-state index contributed by atoms with van der Waals surface area (Å²) in [5, 5.41) is 4.53. The summed E-state index contributed by atoms with van der Waals surface area (Å²) in [5.41, 5.74) is 3.13. The quantitative estimate of drug-likeness (QED) is 0.442. The fourth-order valence-electron chi connectivity index (χ4n) is 4.09. The molecule has 0 atom stereocenters. The summed E-state index contributed by atoms with van der Waals surface area (Å²) in [5.74, 6) is 3.07. The zero-order valence-corrected chi connectivity index (χ0v) is 15.6. The van der Waals surface area contributed by atoms with Crippen molar-refractivity contribution in [3.8, 4) is 11.5 Å². The van der Waals surface area contributed by atoms with Crippen molar-refractivity contribution < 1.29 is 4.74 Å². The van der Waals surface area contributed by atoms with Crippen LogP contribution >= 0.6 is 0 Å². The van der Waals surface area contributed by atoms with Crippen LogP contribution in [0.15, 0.2) is 67.1 Å². The Morgan fingerprint density at radius 1 is 0.929 bits per heavy atom. The molecule has 0 amide bonds. The van der Waals surface area contributed by atoms with Gasteiger partial charge in [0.1, 0.15) is 29.3 Å². The van der Waals surface area contributed by atoms with E-state index >= 15 is 0 Å². The predicted octanol–water partition coefficient (Wildman–Crippen LogP) is 6.15. The first kappa shape index (κ1) is 16.8. The number of nitrogens with one attached hydrogen (secondary N) is 2. The number of H-pyrrole nitrogens is 1. The van der Waals surface area contributed by atoms with Crippen LogP contribution in [0.3, 0.4) is 0 Å². The average molecular weight is 370 g/mol.